The van der Waals surface area contributed by atoms with Crippen LogP contribution in [0.1, 0.15) is 23.8 Å². The Labute approximate surface area is 119 Å². The SMILES string of the molecule is CCNCc1c(F)cccc1N(C)Cc1ccoc1C. The van der Waals surface area contributed by atoms with E-state index in [2.05, 4.69) is 5.32 Å². The first-order valence-corrected chi connectivity index (χ1v) is 6.85. The van der Waals surface area contributed by atoms with Crippen LogP contribution < -0.4 is 10.2 Å². The fourth-order valence-corrected chi connectivity index (χ4v) is 2.25. The van der Waals surface area contributed by atoms with Gasteiger partial charge in [-0.25, -0.2) is 4.39 Å². The van der Waals surface area contributed by atoms with Crippen molar-refractivity contribution >= 4 is 5.69 Å². The summed E-state index contributed by atoms with van der Waals surface area (Å²) < 4.78 is 19.3. The van der Waals surface area contributed by atoms with Gasteiger partial charge in [0.1, 0.15) is 11.6 Å². The monoisotopic (exact) mass is 276 g/mol. The van der Waals surface area contributed by atoms with Crippen molar-refractivity contribution < 1.29 is 8.81 Å². The molecule has 1 N–H and O–H groups in total. The van der Waals surface area contributed by atoms with Crippen LogP contribution in [0.2, 0.25) is 0 Å². The van der Waals surface area contributed by atoms with E-state index in [1.807, 2.05) is 37.9 Å². The van der Waals surface area contributed by atoms with Gasteiger partial charge in [0.15, 0.2) is 0 Å². The number of nitrogens with one attached hydrogen (secondary N) is 1. The number of aryl methyl sites for hydroxylation is 1. The minimum Gasteiger partial charge on any atom is -0.469 e. The van der Waals surface area contributed by atoms with Gasteiger partial charge in [-0.05, 0) is 31.7 Å². The normalized spacial score (nSPS) is 10.8. The second-order valence-corrected chi connectivity index (χ2v) is 4.88. The van der Waals surface area contributed by atoms with Crippen molar-refractivity contribution in [1.29, 1.82) is 0 Å². The van der Waals surface area contributed by atoms with E-state index in [1.165, 1.54) is 6.07 Å². The summed E-state index contributed by atoms with van der Waals surface area (Å²) in [6.07, 6.45) is 1.68. The van der Waals surface area contributed by atoms with Crippen LogP contribution in [-0.4, -0.2) is 13.6 Å². The Morgan fingerprint density at radius 3 is 2.75 bits per heavy atom. The van der Waals surface area contributed by atoms with Crippen molar-refractivity contribution in [2.75, 3.05) is 18.5 Å². The fraction of sp³-hybridized carbons (Fsp3) is 0.375. The molecule has 0 aliphatic rings. The molecule has 0 aliphatic carbocycles. The Morgan fingerprint density at radius 1 is 1.30 bits per heavy atom. The van der Waals surface area contributed by atoms with Crippen LogP contribution in [0.25, 0.3) is 0 Å². The van der Waals surface area contributed by atoms with E-state index in [1.54, 1.807) is 12.3 Å². The highest BCUT2D eigenvalue weighted by molar-refractivity contribution is 5.54. The molecule has 0 fully saturated rings. The van der Waals surface area contributed by atoms with Gasteiger partial charge in [-0.2, -0.15) is 0 Å². The van der Waals surface area contributed by atoms with Crippen molar-refractivity contribution in [3.63, 3.8) is 0 Å². The van der Waals surface area contributed by atoms with Gasteiger partial charge in [0.05, 0.1) is 6.26 Å². The molecule has 1 aromatic carbocycles. The van der Waals surface area contributed by atoms with Crippen molar-refractivity contribution in [2.45, 2.75) is 26.9 Å². The number of hydrogen-bond acceptors (Lipinski definition) is 3. The predicted octanol–water partition coefficient (Wildman–Crippen LogP) is 3.47. The largest absolute Gasteiger partial charge is 0.469 e. The highest BCUT2D eigenvalue weighted by atomic mass is 19.1. The number of benzene rings is 1. The first kappa shape index (κ1) is 14.6. The van der Waals surface area contributed by atoms with E-state index in [4.69, 9.17) is 4.42 Å². The van der Waals surface area contributed by atoms with Crippen molar-refractivity contribution in [3.05, 3.63) is 53.2 Å². The highest BCUT2D eigenvalue weighted by Crippen LogP contribution is 2.24. The molecule has 0 unspecified atom stereocenters. The lowest BCUT2D eigenvalue weighted by Crippen LogP contribution is -2.21. The molecule has 0 amide bonds. The molecule has 2 aromatic rings. The molecule has 0 saturated carbocycles. The molecule has 20 heavy (non-hydrogen) atoms. The molecule has 3 nitrogen and oxygen atoms in total. The van der Waals surface area contributed by atoms with E-state index in [0.717, 1.165) is 23.6 Å². The van der Waals surface area contributed by atoms with Gasteiger partial charge in [-0.15, -0.1) is 0 Å². The van der Waals surface area contributed by atoms with E-state index < -0.39 is 0 Å². The van der Waals surface area contributed by atoms with Gasteiger partial charge in [-0.1, -0.05) is 13.0 Å². The van der Waals surface area contributed by atoms with Gasteiger partial charge in [-0.3, -0.25) is 0 Å². The Morgan fingerprint density at radius 2 is 2.10 bits per heavy atom. The summed E-state index contributed by atoms with van der Waals surface area (Å²) in [4.78, 5) is 2.05. The predicted molar refractivity (Wildman–Crippen MR) is 79.3 cm³/mol. The van der Waals surface area contributed by atoms with Crippen LogP contribution in [0.15, 0.2) is 34.9 Å². The summed E-state index contributed by atoms with van der Waals surface area (Å²) in [5.74, 6) is 0.737. The molecular formula is C16H21FN2O. The lowest BCUT2D eigenvalue weighted by molar-refractivity contribution is 0.529. The lowest BCUT2D eigenvalue weighted by Gasteiger charge is -2.23. The second-order valence-electron chi connectivity index (χ2n) is 4.88. The lowest BCUT2D eigenvalue weighted by atomic mass is 10.1. The Balaban J connectivity index is 2.22. The molecule has 4 heteroatoms. The topological polar surface area (TPSA) is 28.4 Å². The average molecular weight is 276 g/mol. The van der Waals surface area contributed by atoms with Crippen molar-refractivity contribution in [1.82, 2.24) is 5.32 Å². The summed E-state index contributed by atoms with van der Waals surface area (Å²) in [5, 5.41) is 3.19. The van der Waals surface area contributed by atoms with Crippen LogP contribution in [0.3, 0.4) is 0 Å². The molecule has 108 valence electrons. The molecule has 0 aliphatic heterocycles. The summed E-state index contributed by atoms with van der Waals surface area (Å²) in [6, 6.07) is 7.16. The Kier molecular flexibility index (Phi) is 4.79. The number of anilines is 1. The van der Waals surface area contributed by atoms with Gasteiger partial charge < -0.3 is 14.6 Å². The molecule has 0 saturated heterocycles. The summed E-state index contributed by atoms with van der Waals surface area (Å²) in [7, 11) is 1.97. The van der Waals surface area contributed by atoms with E-state index in [9.17, 15) is 4.39 Å². The first-order chi connectivity index (χ1) is 9.63. The van der Waals surface area contributed by atoms with Crippen molar-refractivity contribution in [3.8, 4) is 0 Å². The third-order valence-electron chi connectivity index (χ3n) is 3.43. The second kappa shape index (κ2) is 6.57. The molecule has 0 radical (unpaired) electrons. The van der Waals surface area contributed by atoms with Crippen LogP contribution in [-0.2, 0) is 13.1 Å². The summed E-state index contributed by atoms with van der Waals surface area (Å²) >= 11 is 0. The average Bonchev–Trinajstić information content (AvgIpc) is 2.82. The Bertz CT molecular complexity index is 565. The number of furan rings is 1. The third-order valence-corrected chi connectivity index (χ3v) is 3.43. The molecule has 0 atom stereocenters. The third kappa shape index (κ3) is 3.20. The fourth-order valence-electron chi connectivity index (χ4n) is 2.25. The minimum absolute atomic E-state index is 0.167. The minimum atomic E-state index is -0.167. The number of rotatable bonds is 6. The number of nitrogens with zero attached hydrogens (tertiary/aromatic N) is 1. The number of halogens is 1. The van der Waals surface area contributed by atoms with Crippen LogP contribution in [0.5, 0.6) is 0 Å². The summed E-state index contributed by atoms with van der Waals surface area (Å²) in [5.41, 5.74) is 2.73. The molecule has 1 heterocycles. The maximum Gasteiger partial charge on any atom is 0.129 e. The Hall–Kier alpha value is -1.81. The smallest absolute Gasteiger partial charge is 0.129 e. The number of hydrogen-bond donors (Lipinski definition) is 1. The van der Waals surface area contributed by atoms with Gasteiger partial charge in [0, 0.05) is 37.0 Å². The van der Waals surface area contributed by atoms with E-state index in [0.29, 0.717) is 18.7 Å². The van der Waals surface area contributed by atoms with Gasteiger partial charge in [0.25, 0.3) is 0 Å². The molecule has 1 aromatic heterocycles. The zero-order valence-corrected chi connectivity index (χ0v) is 12.2. The highest BCUT2D eigenvalue weighted by Gasteiger charge is 2.13. The van der Waals surface area contributed by atoms with Gasteiger partial charge in [0.2, 0.25) is 0 Å². The van der Waals surface area contributed by atoms with E-state index in [-0.39, 0.29) is 5.82 Å². The maximum absolute atomic E-state index is 14.0. The van der Waals surface area contributed by atoms with Gasteiger partial charge >= 0.3 is 0 Å². The summed E-state index contributed by atoms with van der Waals surface area (Å²) in [6.45, 7) is 6.00. The van der Waals surface area contributed by atoms with Crippen LogP contribution in [0.4, 0.5) is 10.1 Å². The van der Waals surface area contributed by atoms with E-state index >= 15 is 0 Å². The zero-order valence-electron chi connectivity index (χ0n) is 12.2. The van der Waals surface area contributed by atoms with Crippen molar-refractivity contribution in [2.24, 2.45) is 0 Å². The molecule has 0 spiro atoms. The molecule has 0 bridgehead atoms. The zero-order chi connectivity index (χ0) is 14.5. The maximum atomic E-state index is 14.0. The van der Waals surface area contributed by atoms with Crippen LogP contribution in [0, 0.1) is 12.7 Å². The standard InChI is InChI=1S/C16H21FN2O/c1-4-18-10-14-15(17)6-5-7-16(14)19(3)11-13-8-9-20-12(13)2/h5-9,18H,4,10-11H2,1-3H3. The molecule has 2 rings (SSSR count). The first-order valence-electron chi connectivity index (χ1n) is 6.85. The van der Waals surface area contributed by atoms with Crippen LogP contribution >= 0.6 is 0 Å². The molecular weight excluding hydrogens is 255 g/mol. The quantitative estimate of drug-likeness (QED) is 0.875.